The first-order chi connectivity index (χ1) is 6.66. The molecule has 1 aliphatic rings. The molecule has 1 aromatic rings. The average molecular weight is 212 g/mol. The van der Waals surface area contributed by atoms with Crippen molar-refractivity contribution in [2.75, 3.05) is 0 Å². The minimum absolute atomic E-state index is 0.292. The Hall–Kier alpha value is -0.970. The van der Waals surface area contributed by atoms with Crippen molar-refractivity contribution in [2.24, 2.45) is 13.0 Å². The molecule has 2 rings (SSSR count). The first kappa shape index (κ1) is 9.58. The van der Waals surface area contributed by atoms with Gasteiger partial charge in [-0.15, -0.1) is 11.8 Å². The van der Waals surface area contributed by atoms with Crippen LogP contribution in [0.15, 0.2) is 17.3 Å². The lowest BCUT2D eigenvalue weighted by atomic mass is 10.3. The molecular formula is C9H12N2O2S. The molecule has 4 nitrogen and oxygen atoms in total. The van der Waals surface area contributed by atoms with Gasteiger partial charge in [0, 0.05) is 18.1 Å². The molecule has 5 heteroatoms. The van der Waals surface area contributed by atoms with E-state index < -0.39 is 5.97 Å². The Morgan fingerprint density at radius 3 is 2.93 bits per heavy atom. The molecule has 1 aliphatic carbocycles. The predicted octanol–water partition coefficient (Wildman–Crippen LogP) is 1.38. The number of aliphatic carboxylic acids is 1. The minimum atomic E-state index is -0.707. The van der Waals surface area contributed by atoms with Crippen molar-refractivity contribution in [1.29, 1.82) is 0 Å². The number of carboxylic acids is 1. The maximum absolute atomic E-state index is 10.9. The molecule has 14 heavy (non-hydrogen) atoms. The fraction of sp³-hybridized carbons (Fsp3) is 0.556. The summed E-state index contributed by atoms with van der Waals surface area (Å²) < 4.78 is 1.69. The van der Waals surface area contributed by atoms with Crippen LogP contribution in [0.3, 0.4) is 0 Å². The lowest BCUT2D eigenvalue weighted by molar-refractivity contribution is -0.136. The fourth-order valence-corrected chi connectivity index (χ4v) is 2.53. The molecule has 0 spiro atoms. The quantitative estimate of drug-likeness (QED) is 0.766. The van der Waals surface area contributed by atoms with E-state index in [0.717, 1.165) is 17.7 Å². The summed E-state index contributed by atoms with van der Waals surface area (Å²) >= 11 is 1.41. The first-order valence-electron chi connectivity index (χ1n) is 4.55. The Morgan fingerprint density at radius 2 is 2.50 bits per heavy atom. The van der Waals surface area contributed by atoms with E-state index >= 15 is 0 Å². The van der Waals surface area contributed by atoms with E-state index in [2.05, 4.69) is 5.10 Å². The number of carbonyl (C=O) groups is 1. The highest BCUT2D eigenvalue weighted by Crippen LogP contribution is 2.41. The maximum Gasteiger partial charge on any atom is 0.317 e. The van der Waals surface area contributed by atoms with Crippen LogP contribution in [-0.4, -0.2) is 26.1 Å². The van der Waals surface area contributed by atoms with Crippen LogP contribution < -0.4 is 0 Å². The summed E-state index contributed by atoms with van der Waals surface area (Å²) in [4.78, 5) is 11.9. The van der Waals surface area contributed by atoms with Crippen molar-refractivity contribution in [3.05, 3.63) is 12.4 Å². The summed E-state index contributed by atoms with van der Waals surface area (Å²) in [7, 11) is 1.83. The number of thioether (sulfide) groups is 1. The summed E-state index contributed by atoms with van der Waals surface area (Å²) in [5.41, 5.74) is 0. The average Bonchev–Trinajstić information content (AvgIpc) is 2.86. The van der Waals surface area contributed by atoms with Crippen molar-refractivity contribution in [3.63, 3.8) is 0 Å². The molecule has 0 aliphatic heterocycles. The number of aromatic nitrogens is 2. The molecule has 1 N–H and O–H groups in total. The van der Waals surface area contributed by atoms with E-state index in [1.807, 2.05) is 13.2 Å². The summed E-state index contributed by atoms with van der Waals surface area (Å²) in [6.45, 7) is 0. The second kappa shape index (κ2) is 3.65. The van der Waals surface area contributed by atoms with Crippen molar-refractivity contribution < 1.29 is 9.90 Å². The topological polar surface area (TPSA) is 55.1 Å². The minimum Gasteiger partial charge on any atom is -0.480 e. The normalized spacial score (nSPS) is 18.1. The highest BCUT2D eigenvalue weighted by molar-refractivity contribution is 8.00. The number of rotatable bonds is 4. The zero-order valence-electron chi connectivity index (χ0n) is 7.88. The molecule has 0 amide bonds. The van der Waals surface area contributed by atoms with Gasteiger partial charge in [-0.3, -0.25) is 9.48 Å². The van der Waals surface area contributed by atoms with E-state index in [1.165, 1.54) is 11.8 Å². The number of hydrogen-bond acceptors (Lipinski definition) is 3. The fourth-order valence-electron chi connectivity index (χ4n) is 1.35. The van der Waals surface area contributed by atoms with Gasteiger partial charge in [0.1, 0.15) is 5.25 Å². The van der Waals surface area contributed by atoms with Crippen LogP contribution in [0.4, 0.5) is 0 Å². The lowest BCUT2D eigenvalue weighted by Crippen LogP contribution is -2.18. The van der Waals surface area contributed by atoms with Gasteiger partial charge < -0.3 is 5.11 Å². The zero-order chi connectivity index (χ0) is 10.1. The van der Waals surface area contributed by atoms with Crippen molar-refractivity contribution in [1.82, 2.24) is 9.78 Å². The molecule has 76 valence electrons. The van der Waals surface area contributed by atoms with Crippen molar-refractivity contribution in [2.45, 2.75) is 23.0 Å². The summed E-state index contributed by atoms with van der Waals surface area (Å²) in [5.74, 6) is -0.348. The van der Waals surface area contributed by atoms with Crippen LogP contribution in [0.25, 0.3) is 0 Å². The largest absolute Gasteiger partial charge is 0.480 e. The smallest absolute Gasteiger partial charge is 0.317 e. The van der Waals surface area contributed by atoms with Crippen LogP contribution in [0, 0.1) is 5.92 Å². The Labute approximate surface area is 86.3 Å². The van der Waals surface area contributed by atoms with Gasteiger partial charge in [0.2, 0.25) is 0 Å². The van der Waals surface area contributed by atoms with Crippen LogP contribution in [-0.2, 0) is 11.8 Å². The van der Waals surface area contributed by atoms with Crippen molar-refractivity contribution >= 4 is 17.7 Å². The highest BCUT2D eigenvalue weighted by Gasteiger charge is 2.37. The maximum atomic E-state index is 10.9. The molecule has 0 aromatic carbocycles. The summed E-state index contributed by atoms with van der Waals surface area (Å²) in [6, 6.07) is 0. The van der Waals surface area contributed by atoms with Gasteiger partial charge in [0.25, 0.3) is 0 Å². The predicted molar refractivity (Wildman–Crippen MR) is 53.2 cm³/mol. The van der Waals surface area contributed by atoms with E-state index in [-0.39, 0.29) is 5.25 Å². The van der Waals surface area contributed by atoms with E-state index in [9.17, 15) is 4.79 Å². The number of aryl methyl sites for hydroxylation is 1. The molecule has 1 saturated carbocycles. The second-order valence-electron chi connectivity index (χ2n) is 3.56. The van der Waals surface area contributed by atoms with E-state index in [4.69, 9.17) is 5.11 Å². The SMILES string of the molecule is Cn1cc(SC(C(=O)O)C2CC2)cn1. The number of carboxylic acid groups (broad SMARTS) is 1. The van der Waals surface area contributed by atoms with Crippen LogP contribution >= 0.6 is 11.8 Å². The van der Waals surface area contributed by atoms with Gasteiger partial charge in [0.05, 0.1) is 6.20 Å². The Kier molecular flexibility index (Phi) is 2.50. The Balaban J connectivity index is 2.03. The van der Waals surface area contributed by atoms with E-state index in [0.29, 0.717) is 5.92 Å². The van der Waals surface area contributed by atoms with Gasteiger partial charge in [-0.25, -0.2) is 0 Å². The molecular weight excluding hydrogens is 200 g/mol. The monoisotopic (exact) mass is 212 g/mol. The third-order valence-electron chi connectivity index (χ3n) is 2.24. The lowest BCUT2D eigenvalue weighted by Gasteiger charge is -2.07. The highest BCUT2D eigenvalue weighted by atomic mass is 32.2. The first-order valence-corrected chi connectivity index (χ1v) is 5.43. The van der Waals surface area contributed by atoms with Gasteiger partial charge in [-0.2, -0.15) is 5.10 Å². The Morgan fingerprint density at radius 1 is 1.79 bits per heavy atom. The summed E-state index contributed by atoms with van der Waals surface area (Å²) in [6.07, 6.45) is 5.65. The molecule has 1 unspecified atom stereocenters. The molecule has 0 bridgehead atoms. The third kappa shape index (κ3) is 2.09. The second-order valence-corrected chi connectivity index (χ2v) is 4.78. The summed E-state index contributed by atoms with van der Waals surface area (Å²) in [5, 5.41) is 12.7. The molecule has 0 radical (unpaired) electrons. The van der Waals surface area contributed by atoms with Gasteiger partial charge >= 0.3 is 5.97 Å². The molecule has 1 aromatic heterocycles. The van der Waals surface area contributed by atoms with Crippen LogP contribution in [0.1, 0.15) is 12.8 Å². The van der Waals surface area contributed by atoms with E-state index in [1.54, 1.807) is 10.9 Å². The number of nitrogens with zero attached hydrogens (tertiary/aromatic N) is 2. The van der Waals surface area contributed by atoms with Crippen LogP contribution in [0.5, 0.6) is 0 Å². The molecule has 1 heterocycles. The number of hydrogen-bond donors (Lipinski definition) is 1. The third-order valence-corrected chi connectivity index (χ3v) is 3.56. The molecule has 1 fully saturated rings. The van der Waals surface area contributed by atoms with Crippen molar-refractivity contribution in [3.8, 4) is 0 Å². The molecule has 0 saturated heterocycles. The molecule has 1 atom stereocenters. The zero-order valence-corrected chi connectivity index (χ0v) is 8.70. The van der Waals surface area contributed by atoms with Gasteiger partial charge in [-0.1, -0.05) is 0 Å². The van der Waals surface area contributed by atoms with Gasteiger partial charge in [0.15, 0.2) is 0 Å². The van der Waals surface area contributed by atoms with Gasteiger partial charge in [-0.05, 0) is 18.8 Å². The van der Waals surface area contributed by atoms with Crippen LogP contribution in [0.2, 0.25) is 0 Å². The Bertz CT molecular complexity index is 346. The standard InChI is InChI=1S/C9H12N2O2S/c1-11-5-7(4-10-11)14-8(9(12)13)6-2-3-6/h4-6,8H,2-3H2,1H3,(H,12,13).